The Balaban J connectivity index is 1.73. The molecule has 1 aliphatic rings. The minimum absolute atomic E-state index is 0.0463. The van der Waals surface area contributed by atoms with Crippen LogP contribution in [0.1, 0.15) is 39.0 Å². The Bertz CT molecular complexity index is 461. The highest BCUT2D eigenvalue weighted by Gasteiger charge is 2.24. The van der Waals surface area contributed by atoms with Crippen LogP contribution in [0.5, 0.6) is 0 Å². The number of hydrogen-bond donors (Lipinski definition) is 1. The van der Waals surface area contributed by atoms with Gasteiger partial charge in [-0.1, -0.05) is 6.92 Å². The van der Waals surface area contributed by atoms with Gasteiger partial charge < -0.3 is 14.5 Å². The van der Waals surface area contributed by atoms with Crippen molar-refractivity contribution < 1.29 is 13.9 Å². The van der Waals surface area contributed by atoms with Gasteiger partial charge in [-0.15, -0.1) is 10.2 Å². The summed E-state index contributed by atoms with van der Waals surface area (Å²) >= 11 is 0. The predicted molar refractivity (Wildman–Crippen MR) is 76.6 cm³/mol. The van der Waals surface area contributed by atoms with Gasteiger partial charge in [0.25, 0.3) is 0 Å². The molecule has 1 fully saturated rings. The molecule has 0 unspecified atom stereocenters. The molecule has 1 aromatic heterocycles. The van der Waals surface area contributed by atoms with Crippen molar-refractivity contribution >= 4 is 5.91 Å². The van der Waals surface area contributed by atoms with Crippen molar-refractivity contribution in [2.24, 2.45) is 0 Å². The minimum Gasteiger partial charge on any atom is -0.423 e. The van der Waals surface area contributed by atoms with Crippen LogP contribution in [0.4, 0.5) is 0 Å². The first-order valence-electron chi connectivity index (χ1n) is 7.52. The monoisotopic (exact) mass is 296 g/mol. The van der Waals surface area contributed by atoms with Crippen LogP contribution in [0, 0.1) is 0 Å². The van der Waals surface area contributed by atoms with Crippen LogP contribution in [0.15, 0.2) is 4.42 Å². The number of nitrogens with zero attached hydrogens (tertiary/aromatic N) is 3. The Kier molecular flexibility index (Phi) is 5.69. The van der Waals surface area contributed by atoms with Crippen molar-refractivity contribution in [3.63, 3.8) is 0 Å². The van der Waals surface area contributed by atoms with Crippen molar-refractivity contribution in [1.82, 2.24) is 20.4 Å². The summed E-state index contributed by atoms with van der Waals surface area (Å²) in [7, 11) is 0. The van der Waals surface area contributed by atoms with Crippen LogP contribution >= 0.6 is 0 Å². The minimum atomic E-state index is -0.0538. The number of aryl methyl sites for hydroxylation is 1. The molecule has 0 saturated carbocycles. The Labute approximate surface area is 125 Å². The van der Waals surface area contributed by atoms with E-state index in [1.54, 1.807) is 0 Å². The number of nitrogens with one attached hydrogen (secondary N) is 1. The Hall–Kier alpha value is -1.47. The van der Waals surface area contributed by atoms with Crippen molar-refractivity contribution in [2.45, 2.75) is 52.3 Å². The summed E-state index contributed by atoms with van der Waals surface area (Å²) in [4.78, 5) is 14.3. The molecule has 7 nitrogen and oxygen atoms in total. The van der Waals surface area contributed by atoms with E-state index in [0.29, 0.717) is 37.3 Å². The smallest absolute Gasteiger partial charge is 0.235 e. The van der Waals surface area contributed by atoms with Gasteiger partial charge >= 0.3 is 0 Å². The maximum absolute atomic E-state index is 11.9. The number of ether oxygens (including phenoxy) is 1. The first-order valence-corrected chi connectivity index (χ1v) is 7.52. The highest BCUT2D eigenvalue weighted by Crippen LogP contribution is 2.11. The van der Waals surface area contributed by atoms with Gasteiger partial charge in [-0.05, 0) is 13.8 Å². The highest BCUT2D eigenvalue weighted by molar-refractivity contribution is 5.76. The second-order valence-electron chi connectivity index (χ2n) is 5.51. The van der Waals surface area contributed by atoms with Crippen LogP contribution < -0.4 is 5.32 Å². The van der Waals surface area contributed by atoms with Crippen LogP contribution in [0.2, 0.25) is 0 Å². The van der Waals surface area contributed by atoms with Gasteiger partial charge in [-0.2, -0.15) is 0 Å². The van der Waals surface area contributed by atoms with E-state index in [2.05, 4.69) is 34.3 Å². The lowest BCUT2D eigenvalue weighted by Crippen LogP contribution is -2.47. The van der Waals surface area contributed by atoms with Gasteiger partial charge in [0.1, 0.15) is 0 Å². The molecule has 2 heterocycles. The number of aromatic nitrogens is 2. The zero-order chi connectivity index (χ0) is 15.2. The predicted octanol–water partition coefficient (Wildman–Crippen LogP) is 0.748. The standard InChI is InChI=1S/C14H24N4O3/c1-4-13-16-17-14(21-13)8-15-12(19)7-11-9-18(10(2)3)5-6-20-11/h10-11H,4-9H2,1-3H3,(H,15,19)/t11-/m1/s1. The van der Waals surface area contributed by atoms with Crippen molar-refractivity contribution in [2.75, 3.05) is 19.7 Å². The molecule has 21 heavy (non-hydrogen) atoms. The number of morpholine rings is 1. The third-order valence-electron chi connectivity index (χ3n) is 3.56. The molecule has 1 atom stereocenters. The first kappa shape index (κ1) is 15.9. The average molecular weight is 296 g/mol. The molecule has 7 heteroatoms. The van der Waals surface area contributed by atoms with Crippen molar-refractivity contribution in [1.29, 1.82) is 0 Å². The summed E-state index contributed by atoms with van der Waals surface area (Å²) in [6, 6.07) is 0.477. The van der Waals surface area contributed by atoms with E-state index in [1.165, 1.54) is 0 Å². The first-order chi connectivity index (χ1) is 10.1. The SMILES string of the molecule is CCc1nnc(CNC(=O)C[C@@H]2CN(C(C)C)CCO2)o1. The third-order valence-corrected chi connectivity index (χ3v) is 3.56. The van der Waals surface area contributed by atoms with E-state index in [1.807, 2.05) is 6.92 Å². The molecule has 0 spiro atoms. The van der Waals surface area contributed by atoms with Crippen LogP contribution in [-0.4, -0.2) is 52.8 Å². The van der Waals surface area contributed by atoms with Crippen LogP contribution in [0.3, 0.4) is 0 Å². The zero-order valence-electron chi connectivity index (χ0n) is 13.0. The number of amides is 1. The second-order valence-corrected chi connectivity index (χ2v) is 5.51. The maximum Gasteiger partial charge on any atom is 0.235 e. The lowest BCUT2D eigenvalue weighted by molar-refractivity contribution is -0.126. The van der Waals surface area contributed by atoms with Crippen molar-refractivity contribution in [3.05, 3.63) is 11.8 Å². The largest absolute Gasteiger partial charge is 0.423 e. The highest BCUT2D eigenvalue weighted by atomic mass is 16.5. The molecule has 0 aromatic carbocycles. The average Bonchev–Trinajstić information content (AvgIpc) is 2.93. The lowest BCUT2D eigenvalue weighted by Gasteiger charge is -2.35. The molecule has 0 bridgehead atoms. The molecule has 1 aromatic rings. The number of hydrogen-bond acceptors (Lipinski definition) is 6. The number of carbonyl (C=O) groups is 1. The van der Waals surface area contributed by atoms with E-state index in [-0.39, 0.29) is 18.6 Å². The van der Waals surface area contributed by atoms with Gasteiger partial charge in [-0.3, -0.25) is 9.69 Å². The van der Waals surface area contributed by atoms with E-state index >= 15 is 0 Å². The van der Waals surface area contributed by atoms with Crippen molar-refractivity contribution in [3.8, 4) is 0 Å². The maximum atomic E-state index is 11.9. The van der Waals surface area contributed by atoms with Gasteiger partial charge in [0.2, 0.25) is 17.7 Å². The summed E-state index contributed by atoms with van der Waals surface area (Å²) in [5.74, 6) is 0.970. The lowest BCUT2D eigenvalue weighted by atomic mass is 10.1. The van der Waals surface area contributed by atoms with Crippen LogP contribution in [0.25, 0.3) is 0 Å². The zero-order valence-corrected chi connectivity index (χ0v) is 13.0. The van der Waals surface area contributed by atoms with E-state index < -0.39 is 0 Å². The molecule has 0 radical (unpaired) electrons. The summed E-state index contributed by atoms with van der Waals surface area (Å²) in [6.45, 7) is 8.93. The number of rotatable bonds is 6. The Morgan fingerprint density at radius 3 is 2.86 bits per heavy atom. The Morgan fingerprint density at radius 2 is 2.19 bits per heavy atom. The van der Waals surface area contributed by atoms with E-state index in [4.69, 9.17) is 9.15 Å². The van der Waals surface area contributed by atoms with Gasteiger partial charge in [-0.25, -0.2) is 0 Å². The summed E-state index contributed by atoms with van der Waals surface area (Å²) in [5.41, 5.74) is 0. The molecular weight excluding hydrogens is 272 g/mol. The summed E-state index contributed by atoms with van der Waals surface area (Å²) < 4.78 is 11.0. The van der Waals surface area contributed by atoms with Gasteiger partial charge in [0.15, 0.2) is 0 Å². The fourth-order valence-electron chi connectivity index (χ4n) is 2.29. The molecule has 1 saturated heterocycles. The molecule has 1 aliphatic heterocycles. The van der Waals surface area contributed by atoms with Gasteiger partial charge in [0.05, 0.1) is 25.7 Å². The van der Waals surface area contributed by atoms with Crippen LogP contribution in [-0.2, 0) is 22.5 Å². The van der Waals surface area contributed by atoms with Gasteiger partial charge in [0, 0.05) is 25.6 Å². The fourth-order valence-corrected chi connectivity index (χ4v) is 2.29. The molecule has 1 N–H and O–H groups in total. The number of carbonyl (C=O) groups excluding carboxylic acids is 1. The molecule has 1 amide bonds. The third kappa shape index (κ3) is 4.78. The normalized spacial score (nSPS) is 19.9. The quantitative estimate of drug-likeness (QED) is 0.834. The molecule has 118 valence electrons. The summed E-state index contributed by atoms with van der Waals surface area (Å²) in [6.07, 6.45) is 1.01. The van der Waals surface area contributed by atoms with E-state index in [0.717, 1.165) is 13.1 Å². The molecular formula is C14H24N4O3. The molecule has 0 aliphatic carbocycles. The summed E-state index contributed by atoms with van der Waals surface area (Å²) in [5, 5.41) is 10.5. The fraction of sp³-hybridized carbons (Fsp3) is 0.786. The van der Waals surface area contributed by atoms with E-state index in [9.17, 15) is 4.79 Å². The Morgan fingerprint density at radius 1 is 1.43 bits per heavy atom. The topological polar surface area (TPSA) is 80.5 Å². The molecule has 2 rings (SSSR count). The second kappa shape index (κ2) is 7.51.